The Balaban J connectivity index is 1.58. The lowest BCUT2D eigenvalue weighted by molar-refractivity contribution is 0.267. The predicted octanol–water partition coefficient (Wildman–Crippen LogP) is 2.88. The number of hydrogen-bond acceptors (Lipinski definition) is 4. The number of benzene rings is 1. The summed E-state index contributed by atoms with van der Waals surface area (Å²) in [6.07, 6.45) is 2.54. The Hall–Kier alpha value is -2.34. The maximum atomic E-state index is 5.45. The van der Waals surface area contributed by atoms with Crippen molar-refractivity contribution in [2.24, 2.45) is 4.99 Å². The monoisotopic (exact) mass is 355 g/mol. The highest BCUT2D eigenvalue weighted by atomic mass is 16.5. The predicted molar refractivity (Wildman–Crippen MR) is 105 cm³/mol. The van der Waals surface area contributed by atoms with Crippen molar-refractivity contribution in [1.29, 1.82) is 0 Å². The molecule has 1 unspecified atom stereocenters. The summed E-state index contributed by atoms with van der Waals surface area (Å²) in [5.74, 6) is 1.61. The molecule has 2 aromatic rings. The SMILES string of the molecule is CCNC(=NCc1cc(-c2ccccc2)on1)NCC1CCCN1CC. The second-order valence-electron chi connectivity index (χ2n) is 6.55. The first-order chi connectivity index (χ1) is 12.8. The van der Waals surface area contributed by atoms with Crippen LogP contribution in [0.4, 0.5) is 0 Å². The highest BCUT2D eigenvalue weighted by Crippen LogP contribution is 2.20. The van der Waals surface area contributed by atoms with Gasteiger partial charge in [-0.25, -0.2) is 4.99 Å². The highest BCUT2D eigenvalue weighted by Gasteiger charge is 2.22. The van der Waals surface area contributed by atoms with Crippen molar-refractivity contribution in [3.63, 3.8) is 0 Å². The lowest BCUT2D eigenvalue weighted by atomic mass is 10.2. The number of likely N-dealkylation sites (N-methyl/N-ethyl adjacent to an activating group) is 1. The van der Waals surface area contributed by atoms with E-state index in [4.69, 9.17) is 4.52 Å². The maximum absolute atomic E-state index is 5.45. The van der Waals surface area contributed by atoms with Crippen LogP contribution in [0.3, 0.4) is 0 Å². The minimum absolute atomic E-state index is 0.494. The van der Waals surface area contributed by atoms with Gasteiger partial charge in [-0.2, -0.15) is 0 Å². The van der Waals surface area contributed by atoms with Crippen LogP contribution in [0.25, 0.3) is 11.3 Å². The third-order valence-corrected chi connectivity index (χ3v) is 4.77. The average Bonchev–Trinajstić information content (AvgIpc) is 3.34. The Labute approximate surface area is 155 Å². The Bertz CT molecular complexity index is 697. The van der Waals surface area contributed by atoms with Gasteiger partial charge in [0.25, 0.3) is 0 Å². The van der Waals surface area contributed by atoms with Crippen LogP contribution in [0, 0.1) is 0 Å². The van der Waals surface area contributed by atoms with Crippen molar-refractivity contribution in [2.45, 2.75) is 39.3 Å². The summed E-state index contributed by atoms with van der Waals surface area (Å²) in [6, 6.07) is 12.6. The third kappa shape index (κ3) is 4.85. The molecular weight excluding hydrogens is 326 g/mol. The number of aromatic nitrogens is 1. The molecule has 0 aliphatic carbocycles. The van der Waals surface area contributed by atoms with Crippen molar-refractivity contribution in [3.05, 3.63) is 42.1 Å². The summed E-state index contributed by atoms with van der Waals surface area (Å²) < 4.78 is 5.45. The van der Waals surface area contributed by atoms with Gasteiger partial charge in [-0.15, -0.1) is 0 Å². The smallest absolute Gasteiger partial charge is 0.191 e. The van der Waals surface area contributed by atoms with E-state index in [1.807, 2.05) is 36.4 Å². The molecule has 0 amide bonds. The van der Waals surface area contributed by atoms with Crippen molar-refractivity contribution in [2.75, 3.05) is 26.2 Å². The standard InChI is InChI=1S/C20H29N5O/c1-3-21-20(23-15-18-11-8-12-25(18)4-2)22-14-17-13-19(26-24-17)16-9-6-5-7-10-16/h5-7,9-10,13,18H,3-4,8,11-12,14-15H2,1-2H3,(H2,21,22,23). The van der Waals surface area contributed by atoms with Crippen LogP contribution in [0.2, 0.25) is 0 Å². The van der Waals surface area contributed by atoms with Gasteiger partial charge in [0.1, 0.15) is 5.69 Å². The molecule has 2 N–H and O–H groups in total. The quantitative estimate of drug-likeness (QED) is 0.591. The second-order valence-corrected chi connectivity index (χ2v) is 6.55. The molecule has 1 aromatic heterocycles. The minimum Gasteiger partial charge on any atom is -0.357 e. The van der Waals surface area contributed by atoms with E-state index in [1.165, 1.54) is 19.4 Å². The minimum atomic E-state index is 0.494. The summed E-state index contributed by atoms with van der Waals surface area (Å²) >= 11 is 0. The van der Waals surface area contributed by atoms with Crippen LogP contribution in [-0.2, 0) is 6.54 Å². The van der Waals surface area contributed by atoms with E-state index in [0.717, 1.165) is 42.6 Å². The molecular formula is C20H29N5O. The topological polar surface area (TPSA) is 65.7 Å². The van der Waals surface area contributed by atoms with Gasteiger partial charge >= 0.3 is 0 Å². The molecule has 0 bridgehead atoms. The molecule has 1 saturated heterocycles. The van der Waals surface area contributed by atoms with Gasteiger partial charge in [-0.1, -0.05) is 42.4 Å². The van der Waals surface area contributed by atoms with Gasteiger partial charge in [0.15, 0.2) is 11.7 Å². The fraction of sp³-hybridized carbons (Fsp3) is 0.500. The number of rotatable bonds is 7. The second kappa shape index (κ2) is 9.38. The summed E-state index contributed by atoms with van der Waals surface area (Å²) in [4.78, 5) is 7.18. The molecule has 1 aliphatic rings. The molecule has 1 aliphatic heterocycles. The van der Waals surface area contributed by atoms with Gasteiger partial charge < -0.3 is 15.2 Å². The lowest BCUT2D eigenvalue weighted by Gasteiger charge is -2.23. The van der Waals surface area contributed by atoms with Crippen molar-refractivity contribution < 1.29 is 4.52 Å². The normalized spacial score (nSPS) is 18.2. The van der Waals surface area contributed by atoms with Crippen LogP contribution in [0.5, 0.6) is 0 Å². The summed E-state index contributed by atoms with van der Waals surface area (Å²) in [6.45, 7) is 8.88. The van der Waals surface area contributed by atoms with Crippen LogP contribution in [0.1, 0.15) is 32.4 Å². The molecule has 26 heavy (non-hydrogen) atoms. The zero-order valence-corrected chi connectivity index (χ0v) is 15.7. The lowest BCUT2D eigenvalue weighted by Crippen LogP contribution is -2.44. The third-order valence-electron chi connectivity index (χ3n) is 4.77. The molecule has 6 nitrogen and oxygen atoms in total. The van der Waals surface area contributed by atoms with Gasteiger partial charge in [0.05, 0.1) is 6.54 Å². The van der Waals surface area contributed by atoms with E-state index in [0.29, 0.717) is 12.6 Å². The summed E-state index contributed by atoms with van der Waals surface area (Å²) in [5.41, 5.74) is 1.86. The molecule has 0 radical (unpaired) electrons. The van der Waals surface area contributed by atoms with Crippen molar-refractivity contribution >= 4 is 5.96 Å². The van der Waals surface area contributed by atoms with Crippen LogP contribution < -0.4 is 10.6 Å². The number of hydrogen-bond donors (Lipinski definition) is 2. The molecule has 6 heteroatoms. The van der Waals surface area contributed by atoms with Crippen molar-refractivity contribution in [3.8, 4) is 11.3 Å². The summed E-state index contributed by atoms with van der Waals surface area (Å²) in [7, 11) is 0. The fourth-order valence-corrected chi connectivity index (χ4v) is 3.38. The van der Waals surface area contributed by atoms with E-state index < -0.39 is 0 Å². The Morgan fingerprint density at radius 3 is 2.88 bits per heavy atom. The Morgan fingerprint density at radius 2 is 2.12 bits per heavy atom. The van der Waals surface area contributed by atoms with E-state index >= 15 is 0 Å². The molecule has 2 heterocycles. The van der Waals surface area contributed by atoms with Gasteiger partial charge in [0.2, 0.25) is 0 Å². The first-order valence-corrected chi connectivity index (χ1v) is 9.57. The fourth-order valence-electron chi connectivity index (χ4n) is 3.38. The van der Waals surface area contributed by atoms with Gasteiger partial charge in [0, 0.05) is 30.8 Å². The van der Waals surface area contributed by atoms with E-state index in [9.17, 15) is 0 Å². The van der Waals surface area contributed by atoms with E-state index in [-0.39, 0.29) is 0 Å². The summed E-state index contributed by atoms with van der Waals surface area (Å²) in [5, 5.41) is 10.9. The van der Waals surface area contributed by atoms with E-state index in [1.54, 1.807) is 0 Å². The van der Waals surface area contributed by atoms with Crippen LogP contribution in [-0.4, -0.2) is 48.2 Å². The highest BCUT2D eigenvalue weighted by molar-refractivity contribution is 5.79. The largest absolute Gasteiger partial charge is 0.357 e. The first-order valence-electron chi connectivity index (χ1n) is 9.57. The molecule has 1 fully saturated rings. The molecule has 0 saturated carbocycles. The molecule has 1 aromatic carbocycles. The molecule has 140 valence electrons. The molecule has 3 rings (SSSR count). The number of likely N-dealkylation sites (tertiary alicyclic amines) is 1. The maximum Gasteiger partial charge on any atom is 0.191 e. The van der Waals surface area contributed by atoms with Crippen molar-refractivity contribution in [1.82, 2.24) is 20.7 Å². The zero-order chi connectivity index (χ0) is 18.2. The number of guanidine groups is 1. The number of nitrogens with one attached hydrogen (secondary N) is 2. The van der Waals surface area contributed by atoms with Gasteiger partial charge in [-0.3, -0.25) is 4.90 Å². The van der Waals surface area contributed by atoms with Crippen LogP contribution >= 0.6 is 0 Å². The van der Waals surface area contributed by atoms with Crippen LogP contribution in [0.15, 0.2) is 45.9 Å². The Kier molecular flexibility index (Phi) is 6.66. The molecule has 0 spiro atoms. The number of nitrogens with zero attached hydrogens (tertiary/aromatic N) is 3. The van der Waals surface area contributed by atoms with Gasteiger partial charge in [-0.05, 0) is 32.9 Å². The molecule has 1 atom stereocenters. The average molecular weight is 355 g/mol. The first kappa shape index (κ1) is 18.5. The zero-order valence-electron chi connectivity index (χ0n) is 15.7. The van der Waals surface area contributed by atoms with E-state index in [2.05, 4.69) is 39.5 Å². The Morgan fingerprint density at radius 1 is 1.27 bits per heavy atom. The number of aliphatic imine (C=N–C) groups is 1.